The first-order valence-corrected chi connectivity index (χ1v) is 9.41. The monoisotopic (exact) mass is 407 g/mol. The van der Waals surface area contributed by atoms with Gasteiger partial charge in [-0.2, -0.15) is 0 Å². The van der Waals surface area contributed by atoms with Crippen molar-refractivity contribution in [3.05, 3.63) is 58.1 Å². The number of nitrogens with zero attached hydrogens (tertiary/aromatic N) is 1. The van der Waals surface area contributed by atoms with E-state index in [0.29, 0.717) is 15.7 Å². The fourth-order valence-electron chi connectivity index (χ4n) is 2.53. The number of para-hydroxylation sites is 1. The first-order valence-electron chi connectivity index (χ1n) is 8.65. The standard InChI is InChI=1S/C20H23Cl2N3O2/c1-4-14-7-5-6-8-17(14)23-19(26)12-25(3)13(2)20(27)24-18-11-15(21)9-10-16(18)22/h5-11,13H,4,12H2,1-3H3,(H,23,26)(H,24,27)/t13-/m1/s1. The number of rotatable bonds is 7. The molecule has 1 atom stereocenters. The van der Waals surface area contributed by atoms with E-state index in [-0.39, 0.29) is 18.4 Å². The number of nitrogens with one attached hydrogen (secondary N) is 2. The van der Waals surface area contributed by atoms with Crippen LogP contribution in [0.2, 0.25) is 10.0 Å². The molecule has 2 aromatic rings. The Bertz CT molecular complexity index is 827. The van der Waals surface area contributed by atoms with Gasteiger partial charge in [-0.1, -0.05) is 48.3 Å². The van der Waals surface area contributed by atoms with Crippen molar-refractivity contribution in [3.63, 3.8) is 0 Å². The molecule has 0 aliphatic rings. The molecule has 0 fully saturated rings. The zero-order valence-electron chi connectivity index (χ0n) is 15.6. The van der Waals surface area contributed by atoms with Gasteiger partial charge in [0.25, 0.3) is 0 Å². The number of amides is 2. The molecule has 0 saturated heterocycles. The lowest BCUT2D eigenvalue weighted by Crippen LogP contribution is -2.43. The van der Waals surface area contributed by atoms with Crippen molar-refractivity contribution in [3.8, 4) is 0 Å². The molecule has 27 heavy (non-hydrogen) atoms. The van der Waals surface area contributed by atoms with Gasteiger partial charge < -0.3 is 10.6 Å². The molecule has 0 radical (unpaired) electrons. The molecule has 7 heteroatoms. The number of hydrogen-bond acceptors (Lipinski definition) is 3. The summed E-state index contributed by atoms with van der Waals surface area (Å²) in [5.74, 6) is -0.456. The minimum atomic E-state index is -0.535. The van der Waals surface area contributed by atoms with Gasteiger partial charge in [0.2, 0.25) is 11.8 Å². The number of carbonyl (C=O) groups is 2. The molecule has 0 aromatic heterocycles. The number of halogens is 2. The van der Waals surface area contributed by atoms with Crippen molar-refractivity contribution in [2.75, 3.05) is 24.2 Å². The van der Waals surface area contributed by atoms with Crippen molar-refractivity contribution in [1.82, 2.24) is 4.90 Å². The Morgan fingerprint density at radius 3 is 2.48 bits per heavy atom. The number of aryl methyl sites for hydroxylation is 1. The zero-order chi connectivity index (χ0) is 20.0. The van der Waals surface area contributed by atoms with Crippen LogP contribution in [0.4, 0.5) is 11.4 Å². The SMILES string of the molecule is CCc1ccccc1NC(=O)CN(C)[C@H](C)C(=O)Nc1cc(Cl)ccc1Cl. The van der Waals surface area contributed by atoms with Crippen LogP contribution in [-0.4, -0.2) is 36.3 Å². The van der Waals surface area contributed by atoms with Crippen LogP contribution in [0.1, 0.15) is 19.4 Å². The van der Waals surface area contributed by atoms with Gasteiger partial charge in [-0.3, -0.25) is 14.5 Å². The van der Waals surface area contributed by atoms with Crippen LogP contribution in [0.5, 0.6) is 0 Å². The highest BCUT2D eigenvalue weighted by Crippen LogP contribution is 2.25. The van der Waals surface area contributed by atoms with Crippen LogP contribution in [0.25, 0.3) is 0 Å². The van der Waals surface area contributed by atoms with E-state index in [4.69, 9.17) is 23.2 Å². The lowest BCUT2D eigenvalue weighted by atomic mass is 10.1. The van der Waals surface area contributed by atoms with Crippen LogP contribution < -0.4 is 10.6 Å². The average molecular weight is 408 g/mol. The Hall–Kier alpha value is -2.08. The van der Waals surface area contributed by atoms with Gasteiger partial charge in [-0.25, -0.2) is 0 Å². The van der Waals surface area contributed by atoms with Gasteiger partial charge in [-0.15, -0.1) is 0 Å². The summed E-state index contributed by atoms with van der Waals surface area (Å²) in [6.07, 6.45) is 0.825. The van der Waals surface area contributed by atoms with E-state index >= 15 is 0 Å². The first-order chi connectivity index (χ1) is 12.8. The number of benzene rings is 2. The van der Waals surface area contributed by atoms with Crippen LogP contribution in [0, 0.1) is 0 Å². The van der Waals surface area contributed by atoms with Crippen molar-refractivity contribution in [2.45, 2.75) is 26.3 Å². The number of hydrogen-bond donors (Lipinski definition) is 2. The Labute approximate surface area is 169 Å². The van der Waals surface area contributed by atoms with Crippen molar-refractivity contribution in [2.24, 2.45) is 0 Å². The molecule has 0 saturated carbocycles. The molecule has 2 amide bonds. The molecule has 2 aromatic carbocycles. The van der Waals surface area contributed by atoms with Crippen molar-refractivity contribution < 1.29 is 9.59 Å². The van der Waals surface area contributed by atoms with Crippen molar-refractivity contribution in [1.29, 1.82) is 0 Å². The maximum absolute atomic E-state index is 12.5. The summed E-state index contributed by atoms with van der Waals surface area (Å²) in [4.78, 5) is 26.5. The third-order valence-electron chi connectivity index (χ3n) is 4.29. The molecular weight excluding hydrogens is 385 g/mol. The van der Waals surface area contributed by atoms with Gasteiger partial charge in [0.15, 0.2) is 0 Å². The number of carbonyl (C=O) groups excluding carboxylic acids is 2. The molecule has 0 bridgehead atoms. The van der Waals surface area contributed by atoms with E-state index in [9.17, 15) is 9.59 Å². The van der Waals surface area contributed by atoms with Gasteiger partial charge in [0.1, 0.15) is 0 Å². The molecule has 2 rings (SSSR count). The second-order valence-electron chi connectivity index (χ2n) is 6.26. The van der Waals surface area contributed by atoms with Crippen LogP contribution >= 0.6 is 23.2 Å². The first kappa shape index (κ1) is 21.2. The topological polar surface area (TPSA) is 61.4 Å². The second kappa shape index (κ2) is 9.74. The lowest BCUT2D eigenvalue weighted by Gasteiger charge is -2.23. The highest BCUT2D eigenvalue weighted by atomic mass is 35.5. The van der Waals surface area contributed by atoms with E-state index < -0.39 is 6.04 Å². The van der Waals surface area contributed by atoms with Crippen LogP contribution in [0.3, 0.4) is 0 Å². The fraction of sp³-hybridized carbons (Fsp3) is 0.300. The number of anilines is 2. The third-order valence-corrected chi connectivity index (χ3v) is 4.86. The van der Waals surface area contributed by atoms with E-state index in [1.165, 1.54) is 0 Å². The molecule has 0 spiro atoms. The molecule has 5 nitrogen and oxygen atoms in total. The summed E-state index contributed by atoms with van der Waals surface area (Å²) >= 11 is 12.0. The Balaban J connectivity index is 1.95. The molecule has 2 N–H and O–H groups in total. The zero-order valence-corrected chi connectivity index (χ0v) is 17.1. The summed E-state index contributed by atoms with van der Waals surface area (Å²) < 4.78 is 0. The fourth-order valence-corrected chi connectivity index (χ4v) is 2.87. The molecule has 144 valence electrons. The van der Waals surface area contributed by atoms with Crippen molar-refractivity contribution >= 4 is 46.4 Å². The highest BCUT2D eigenvalue weighted by molar-refractivity contribution is 6.35. The maximum atomic E-state index is 12.5. The Morgan fingerprint density at radius 2 is 1.78 bits per heavy atom. The normalized spacial score (nSPS) is 11.9. The lowest BCUT2D eigenvalue weighted by molar-refractivity contribution is -0.122. The minimum Gasteiger partial charge on any atom is -0.325 e. The average Bonchev–Trinajstić information content (AvgIpc) is 2.64. The minimum absolute atomic E-state index is 0.0793. The number of likely N-dealkylation sites (N-methyl/N-ethyl adjacent to an activating group) is 1. The van der Waals surface area contributed by atoms with E-state index in [1.807, 2.05) is 31.2 Å². The summed E-state index contributed by atoms with van der Waals surface area (Å²) in [5.41, 5.74) is 2.30. The van der Waals surface area contributed by atoms with E-state index in [0.717, 1.165) is 17.7 Å². The van der Waals surface area contributed by atoms with E-state index in [1.54, 1.807) is 37.1 Å². The van der Waals surface area contributed by atoms with Gasteiger partial charge in [0, 0.05) is 10.7 Å². The van der Waals surface area contributed by atoms with Crippen LogP contribution in [-0.2, 0) is 16.0 Å². The molecule has 0 unspecified atom stereocenters. The predicted molar refractivity (Wildman–Crippen MR) is 112 cm³/mol. The van der Waals surface area contributed by atoms with Gasteiger partial charge >= 0.3 is 0 Å². The van der Waals surface area contributed by atoms with Crippen LogP contribution in [0.15, 0.2) is 42.5 Å². The van der Waals surface area contributed by atoms with Gasteiger partial charge in [0.05, 0.1) is 23.3 Å². The smallest absolute Gasteiger partial charge is 0.241 e. The second-order valence-corrected chi connectivity index (χ2v) is 7.11. The third kappa shape index (κ3) is 5.96. The van der Waals surface area contributed by atoms with E-state index in [2.05, 4.69) is 10.6 Å². The summed E-state index contributed by atoms with van der Waals surface area (Å²) in [7, 11) is 1.72. The van der Waals surface area contributed by atoms with Gasteiger partial charge in [-0.05, 0) is 50.2 Å². The Kier molecular flexibility index (Phi) is 7.66. The summed E-state index contributed by atoms with van der Waals surface area (Å²) in [6.45, 7) is 3.83. The summed E-state index contributed by atoms with van der Waals surface area (Å²) in [5, 5.41) is 6.52. The quantitative estimate of drug-likeness (QED) is 0.712. The molecule has 0 heterocycles. The largest absolute Gasteiger partial charge is 0.325 e. The predicted octanol–water partition coefficient (Wildman–Crippen LogP) is 4.45. The Morgan fingerprint density at radius 1 is 1.07 bits per heavy atom. The molecular formula is C20H23Cl2N3O2. The maximum Gasteiger partial charge on any atom is 0.241 e. The summed E-state index contributed by atoms with van der Waals surface area (Å²) in [6, 6.07) is 12.0. The highest BCUT2D eigenvalue weighted by Gasteiger charge is 2.21. The molecule has 0 aliphatic carbocycles. The molecule has 0 aliphatic heterocycles.